The van der Waals surface area contributed by atoms with Gasteiger partial charge in [0.05, 0.1) is 5.41 Å². The summed E-state index contributed by atoms with van der Waals surface area (Å²) >= 11 is 0. The molecule has 0 heterocycles. The maximum absolute atomic E-state index is 11.0. The van der Waals surface area contributed by atoms with E-state index >= 15 is 0 Å². The third kappa shape index (κ3) is 3.02. The first kappa shape index (κ1) is 10.6. The minimum atomic E-state index is -0.616. The summed E-state index contributed by atoms with van der Waals surface area (Å²) in [6, 6.07) is 0. The molecule has 13 heavy (non-hydrogen) atoms. The molecule has 1 unspecified atom stereocenters. The van der Waals surface area contributed by atoms with Crippen molar-refractivity contribution in [3.05, 3.63) is 0 Å². The van der Waals surface area contributed by atoms with Gasteiger partial charge in [0.15, 0.2) is 0 Å². The summed E-state index contributed by atoms with van der Waals surface area (Å²) in [6.45, 7) is 3.94. The third-order valence-corrected chi connectivity index (χ3v) is 3.12. The van der Waals surface area contributed by atoms with E-state index < -0.39 is 11.4 Å². The Morgan fingerprint density at radius 3 is 2.46 bits per heavy atom. The highest BCUT2D eigenvalue weighted by molar-refractivity contribution is 5.74. The largest absolute Gasteiger partial charge is 0.481 e. The predicted molar refractivity (Wildman–Crippen MR) is 52.6 cm³/mol. The van der Waals surface area contributed by atoms with E-state index in [0.717, 1.165) is 31.6 Å². The lowest BCUT2D eigenvalue weighted by molar-refractivity contribution is -0.148. The van der Waals surface area contributed by atoms with Crippen LogP contribution >= 0.6 is 0 Å². The summed E-state index contributed by atoms with van der Waals surface area (Å²) in [7, 11) is 0. The van der Waals surface area contributed by atoms with Crippen molar-refractivity contribution in [3.63, 3.8) is 0 Å². The van der Waals surface area contributed by atoms with Gasteiger partial charge in [-0.1, -0.05) is 26.2 Å². The van der Waals surface area contributed by atoms with Crippen LogP contribution in [-0.4, -0.2) is 11.1 Å². The van der Waals surface area contributed by atoms with Crippen LogP contribution in [0.25, 0.3) is 0 Å². The van der Waals surface area contributed by atoms with Gasteiger partial charge in [0.25, 0.3) is 0 Å². The molecule has 1 aliphatic rings. The lowest BCUT2D eigenvalue weighted by Crippen LogP contribution is -2.27. The van der Waals surface area contributed by atoms with E-state index in [9.17, 15) is 4.79 Å². The number of carboxylic acids is 1. The average molecular weight is 184 g/mol. The summed E-state index contributed by atoms with van der Waals surface area (Å²) < 4.78 is 0. The highest BCUT2D eigenvalue weighted by atomic mass is 16.4. The molecular weight excluding hydrogens is 164 g/mol. The Labute approximate surface area is 80.3 Å². The number of carbonyl (C=O) groups is 1. The summed E-state index contributed by atoms with van der Waals surface area (Å²) in [4.78, 5) is 11.0. The van der Waals surface area contributed by atoms with Gasteiger partial charge in [-0.3, -0.25) is 4.79 Å². The Morgan fingerprint density at radius 2 is 2.08 bits per heavy atom. The maximum Gasteiger partial charge on any atom is 0.309 e. The molecule has 1 saturated carbocycles. The molecule has 1 fully saturated rings. The number of carboxylic acid groups (broad SMARTS) is 1. The van der Waals surface area contributed by atoms with Crippen LogP contribution in [0, 0.1) is 11.3 Å². The molecule has 0 aromatic rings. The van der Waals surface area contributed by atoms with Gasteiger partial charge in [-0.25, -0.2) is 0 Å². The molecule has 1 N–H and O–H groups in total. The Morgan fingerprint density at radius 1 is 1.46 bits per heavy atom. The van der Waals surface area contributed by atoms with Gasteiger partial charge in [0, 0.05) is 0 Å². The third-order valence-electron chi connectivity index (χ3n) is 3.12. The van der Waals surface area contributed by atoms with Gasteiger partial charge in [-0.15, -0.1) is 0 Å². The number of hydrogen-bond acceptors (Lipinski definition) is 1. The lowest BCUT2D eigenvalue weighted by Gasteiger charge is -2.23. The van der Waals surface area contributed by atoms with E-state index in [2.05, 4.69) is 6.92 Å². The van der Waals surface area contributed by atoms with Gasteiger partial charge >= 0.3 is 5.97 Å². The van der Waals surface area contributed by atoms with Crippen LogP contribution in [0.1, 0.15) is 52.4 Å². The number of rotatable bonds is 6. The first-order valence-corrected chi connectivity index (χ1v) is 5.32. The van der Waals surface area contributed by atoms with E-state index in [4.69, 9.17) is 5.11 Å². The smallest absolute Gasteiger partial charge is 0.309 e. The van der Waals surface area contributed by atoms with Crippen LogP contribution in [0.3, 0.4) is 0 Å². The van der Waals surface area contributed by atoms with Crippen molar-refractivity contribution in [1.82, 2.24) is 0 Å². The van der Waals surface area contributed by atoms with E-state index in [0.29, 0.717) is 0 Å². The first-order chi connectivity index (χ1) is 6.08. The van der Waals surface area contributed by atoms with Crippen molar-refractivity contribution in [2.24, 2.45) is 11.3 Å². The number of aliphatic carboxylic acids is 1. The van der Waals surface area contributed by atoms with Gasteiger partial charge < -0.3 is 5.11 Å². The molecule has 0 aromatic carbocycles. The predicted octanol–water partition coefficient (Wildman–Crippen LogP) is 3.07. The lowest BCUT2D eigenvalue weighted by atomic mass is 9.80. The molecule has 1 atom stereocenters. The molecule has 2 heteroatoms. The minimum Gasteiger partial charge on any atom is -0.481 e. The van der Waals surface area contributed by atoms with Crippen molar-refractivity contribution in [3.8, 4) is 0 Å². The monoisotopic (exact) mass is 184 g/mol. The Kier molecular flexibility index (Phi) is 3.34. The highest BCUT2D eigenvalue weighted by Crippen LogP contribution is 2.39. The molecule has 1 rings (SSSR count). The second kappa shape index (κ2) is 4.12. The molecule has 2 nitrogen and oxygen atoms in total. The normalized spacial score (nSPS) is 21.1. The number of hydrogen-bond donors (Lipinski definition) is 1. The topological polar surface area (TPSA) is 37.3 Å². The van der Waals surface area contributed by atoms with Crippen molar-refractivity contribution in [2.75, 3.05) is 0 Å². The molecule has 0 radical (unpaired) electrons. The molecule has 0 aliphatic heterocycles. The molecule has 0 bridgehead atoms. The molecular formula is C11H20O2. The average Bonchev–Trinajstić information content (AvgIpc) is 2.84. The zero-order valence-electron chi connectivity index (χ0n) is 8.68. The SMILES string of the molecule is CCCC(C)(CCC1CC1)C(=O)O. The molecule has 0 spiro atoms. The summed E-state index contributed by atoms with van der Waals surface area (Å²) in [5.41, 5.74) is -0.461. The standard InChI is InChI=1S/C11H20O2/c1-3-7-11(2,10(12)13)8-6-9-4-5-9/h9H,3-8H2,1-2H3,(H,12,13). The fraction of sp³-hybridized carbons (Fsp3) is 0.909. The summed E-state index contributed by atoms with van der Waals surface area (Å²) in [6.07, 6.45) is 6.40. The van der Waals surface area contributed by atoms with Crippen LogP contribution < -0.4 is 0 Å². The quantitative estimate of drug-likeness (QED) is 0.688. The Bertz CT molecular complexity index is 185. The highest BCUT2D eigenvalue weighted by Gasteiger charge is 2.34. The van der Waals surface area contributed by atoms with E-state index in [1.54, 1.807) is 0 Å². The fourth-order valence-corrected chi connectivity index (χ4v) is 1.82. The van der Waals surface area contributed by atoms with Gasteiger partial charge in [-0.05, 0) is 32.1 Å². The van der Waals surface area contributed by atoms with E-state index in [1.807, 2.05) is 6.92 Å². The van der Waals surface area contributed by atoms with Crippen LogP contribution in [0.2, 0.25) is 0 Å². The van der Waals surface area contributed by atoms with Crippen molar-refractivity contribution in [1.29, 1.82) is 0 Å². The van der Waals surface area contributed by atoms with E-state index in [1.165, 1.54) is 12.8 Å². The summed E-state index contributed by atoms with van der Waals surface area (Å²) in [5.74, 6) is 0.227. The van der Waals surface area contributed by atoms with Crippen LogP contribution in [0.15, 0.2) is 0 Å². The second-order valence-corrected chi connectivity index (χ2v) is 4.60. The van der Waals surface area contributed by atoms with Crippen molar-refractivity contribution in [2.45, 2.75) is 52.4 Å². The van der Waals surface area contributed by atoms with Gasteiger partial charge in [-0.2, -0.15) is 0 Å². The first-order valence-electron chi connectivity index (χ1n) is 5.32. The molecule has 76 valence electrons. The second-order valence-electron chi connectivity index (χ2n) is 4.60. The Balaban J connectivity index is 2.38. The zero-order chi connectivity index (χ0) is 9.90. The molecule has 0 aromatic heterocycles. The van der Waals surface area contributed by atoms with Gasteiger partial charge in [0.1, 0.15) is 0 Å². The fourth-order valence-electron chi connectivity index (χ4n) is 1.82. The maximum atomic E-state index is 11.0. The van der Waals surface area contributed by atoms with E-state index in [-0.39, 0.29) is 0 Å². The van der Waals surface area contributed by atoms with Crippen LogP contribution in [0.5, 0.6) is 0 Å². The Hall–Kier alpha value is -0.530. The zero-order valence-corrected chi connectivity index (χ0v) is 8.68. The van der Waals surface area contributed by atoms with Crippen LogP contribution in [0.4, 0.5) is 0 Å². The summed E-state index contributed by atoms with van der Waals surface area (Å²) in [5, 5.41) is 9.10. The molecule has 0 saturated heterocycles. The van der Waals surface area contributed by atoms with Gasteiger partial charge in [0.2, 0.25) is 0 Å². The van der Waals surface area contributed by atoms with Crippen LogP contribution in [-0.2, 0) is 4.79 Å². The molecule has 0 amide bonds. The molecule has 1 aliphatic carbocycles. The van der Waals surface area contributed by atoms with Crippen molar-refractivity contribution >= 4 is 5.97 Å². The minimum absolute atomic E-state index is 0.461. The van der Waals surface area contributed by atoms with Crippen molar-refractivity contribution < 1.29 is 9.90 Å².